The van der Waals surface area contributed by atoms with Crippen molar-refractivity contribution in [1.29, 1.82) is 0 Å². The van der Waals surface area contributed by atoms with E-state index in [1.807, 2.05) is 25.1 Å². The minimum atomic E-state index is -0.0102. The van der Waals surface area contributed by atoms with E-state index in [4.69, 9.17) is 15.2 Å². The van der Waals surface area contributed by atoms with Gasteiger partial charge < -0.3 is 15.2 Å². The van der Waals surface area contributed by atoms with Gasteiger partial charge in [0.1, 0.15) is 11.5 Å². The summed E-state index contributed by atoms with van der Waals surface area (Å²) in [6, 6.07) is 5.63. The molecule has 13 heavy (non-hydrogen) atoms. The Morgan fingerprint density at radius 2 is 1.54 bits per heavy atom. The highest BCUT2D eigenvalue weighted by molar-refractivity contribution is 5.39. The molecule has 1 unspecified atom stereocenters. The van der Waals surface area contributed by atoms with Crippen LogP contribution >= 0.6 is 0 Å². The van der Waals surface area contributed by atoms with Crippen LogP contribution in [0.1, 0.15) is 18.5 Å². The first-order chi connectivity index (χ1) is 6.17. The molecule has 0 saturated carbocycles. The van der Waals surface area contributed by atoms with Crippen LogP contribution in [0, 0.1) is 0 Å². The minimum absolute atomic E-state index is 0.0102. The lowest BCUT2D eigenvalue weighted by Crippen LogP contribution is -2.05. The minimum Gasteiger partial charge on any atom is -0.497 e. The van der Waals surface area contributed by atoms with Gasteiger partial charge in [-0.15, -0.1) is 0 Å². The smallest absolute Gasteiger partial charge is 0.122 e. The molecule has 3 nitrogen and oxygen atoms in total. The van der Waals surface area contributed by atoms with Crippen molar-refractivity contribution in [3.8, 4) is 11.5 Å². The molecule has 1 aromatic carbocycles. The van der Waals surface area contributed by atoms with Gasteiger partial charge >= 0.3 is 0 Å². The Balaban J connectivity index is 3.07. The van der Waals surface area contributed by atoms with E-state index in [1.54, 1.807) is 14.2 Å². The van der Waals surface area contributed by atoms with Crippen molar-refractivity contribution in [3.05, 3.63) is 23.8 Å². The highest BCUT2D eigenvalue weighted by atomic mass is 16.5. The summed E-state index contributed by atoms with van der Waals surface area (Å²) in [6.45, 7) is 1.92. The van der Waals surface area contributed by atoms with E-state index in [1.165, 1.54) is 0 Å². The van der Waals surface area contributed by atoms with Crippen molar-refractivity contribution in [2.75, 3.05) is 14.2 Å². The zero-order chi connectivity index (χ0) is 9.84. The first-order valence-electron chi connectivity index (χ1n) is 4.16. The molecule has 1 rings (SSSR count). The van der Waals surface area contributed by atoms with Gasteiger partial charge in [0.05, 0.1) is 14.2 Å². The molecule has 0 spiro atoms. The van der Waals surface area contributed by atoms with Crippen LogP contribution in [0.3, 0.4) is 0 Å². The van der Waals surface area contributed by atoms with E-state index in [-0.39, 0.29) is 6.04 Å². The summed E-state index contributed by atoms with van der Waals surface area (Å²) >= 11 is 0. The number of hydrogen-bond acceptors (Lipinski definition) is 3. The molecule has 1 aromatic rings. The van der Waals surface area contributed by atoms with Gasteiger partial charge in [-0.05, 0) is 24.6 Å². The number of methoxy groups -OCH3 is 2. The lowest BCUT2D eigenvalue weighted by Gasteiger charge is -2.10. The zero-order valence-corrected chi connectivity index (χ0v) is 8.20. The van der Waals surface area contributed by atoms with Gasteiger partial charge in [-0.1, -0.05) is 0 Å². The molecule has 0 amide bonds. The molecule has 0 bridgehead atoms. The predicted molar refractivity (Wildman–Crippen MR) is 52.1 cm³/mol. The maximum Gasteiger partial charge on any atom is 0.122 e. The second-order valence-electron chi connectivity index (χ2n) is 2.93. The molecular weight excluding hydrogens is 166 g/mol. The largest absolute Gasteiger partial charge is 0.497 e. The van der Waals surface area contributed by atoms with E-state index in [0.29, 0.717) is 0 Å². The summed E-state index contributed by atoms with van der Waals surface area (Å²) < 4.78 is 10.2. The highest BCUT2D eigenvalue weighted by Crippen LogP contribution is 2.25. The van der Waals surface area contributed by atoms with Crippen LogP contribution in [0.2, 0.25) is 0 Å². The maximum absolute atomic E-state index is 5.75. The number of ether oxygens (including phenoxy) is 2. The quantitative estimate of drug-likeness (QED) is 0.772. The Hall–Kier alpha value is -1.22. The molecule has 0 saturated heterocycles. The van der Waals surface area contributed by atoms with Crippen molar-refractivity contribution in [2.24, 2.45) is 5.73 Å². The van der Waals surface area contributed by atoms with E-state index in [9.17, 15) is 0 Å². The van der Waals surface area contributed by atoms with Gasteiger partial charge in [0.25, 0.3) is 0 Å². The first kappa shape index (κ1) is 9.86. The molecule has 2 N–H and O–H groups in total. The summed E-state index contributed by atoms with van der Waals surface area (Å²) in [4.78, 5) is 0. The van der Waals surface area contributed by atoms with E-state index in [2.05, 4.69) is 0 Å². The van der Waals surface area contributed by atoms with Gasteiger partial charge in [0.15, 0.2) is 0 Å². The molecule has 0 radical (unpaired) electrons. The second kappa shape index (κ2) is 4.14. The fourth-order valence-corrected chi connectivity index (χ4v) is 1.09. The Morgan fingerprint density at radius 1 is 1.08 bits per heavy atom. The van der Waals surface area contributed by atoms with Crippen LogP contribution in [0.15, 0.2) is 18.2 Å². The van der Waals surface area contributed by atoms with E-state index >= 15 is 0 Å². The van der Waals surface area contributed by atoms with E-state index in [0.717, 1.165) is 17.1 Å². The van der Waals surface area contributed by atoms with Gasteiger partial charge in [-0.2, -0.15) is 0 Å². The Kier molecular flexibility index (Phi) is 3.14. The third-order valence-corrected chi connectivity index (χ3v) is 1.90. The third kappa shape index (κ3) is 2.36. The molecule has 72 valence electrons. The van der Waals surface area contributed by atoms with Crippen molar-refractivity contribution in [2.45, 2.75) is 13.0 Å². The summed E-state index contributed by atoms with van der Waals surface area (Å²) in [5.41, 5.74) is 6.76. The summed E-state index contributed by atoms with van der Waals surface area (Å²) in [7, 11) is 3.25. The predicted octanol–water partition coefficient (Wildman–Crippen LogP) is 1.72. The number of hydrogen-bond donors (Lipinski definition) is 1. The zero-order valence-electron chi connectivity index (χ0n) is 8.20. The molecule has 0 aliphatic heterocycles. The summed E-state index contributed by atoms with van der Waals surface area (Å²) in [5.74, 6) is 1.54. The topological polar surface area (TPSA) is 44.5 Å². The molecule has 1 atom stereocenters. The van der Waals surface area contributed by atoms with Crippen LogP contribution in [0.5, 0.6) is 11.5 Å². The Bertz CT molecular complexity index is 262. The van der Waals surface area contributed by atoms with E-state index < -0.39 is 0 Å². The number of nitrogens with two attached hydrogens (primary N) is 1. The monoisotopic (exact) mass is 181 g/mol. The first-order valence-corrected chi connectivity index (χ1v) is 4.16. The van der Waals surface area contributed by atoms with Gasteiger partial charge in [-0.3, -0.25) is 0 Å². The highest BCUT2D eigenvalue weighted by Gasteiger charge is 2.04. The lowest BCUT2D eigenvalue weighted by atomic mass is 10.1. The summed E-state index contributed by atoms with van der Waals surface area (Å²) in [5, 5.41) is 0. The Morgan fingerprint density at radius 3 is 1.85 bits per heavy atom. The fourth-order valence-electron chi connectivity index (χ4n) is 1.09. The fraction of sp³-hybridized carbons (Fsp3) is 0.400. The van der Waals surface area contributed by atoms with Crippen molar-refractivity contribution >= 4 is 0 Å². The normalized spacial score (nSPS) is 12.3. The Labute approximate surface area is 78.5 Å². The van der Waals surface area contributed by atoms with Crippen LogP contribution in [-0.4, -0.2) is 14.2 Å². The van der Waals surface area contributed by atoms with Crippen LogP contribution in [0.25, 0.3) is 0 Å². The van der Waals surface area contributed by atoms with Gasteiger partial charge in [0.2, 0.25) is 0 Å². The maximum atomic E-state index is 5.75. The second-order valence-corrected chi connectivity index (χ2v) is 2.93. The van der Waals surface area contributed by atoms with Crippen LogP contribution in [0.4, 0.5) is 0 Å². The average Bonchev–Trinajstić information content (AvgIpc) is 2.16. The van der Waals surface area contributed by atoms with Crippen molar-refractivity contribution < 1.29 is 9.47 Å². The number of benzene rings is 1. The third-order valence-electron chi connectivity index (χ3n) is 1.90. The molecular formula is C10H15NO2. The van der Waals surface area contributed by atoms with Gasteiger partial charge in [0, 0.05) is 12.1 Å². The SMILES string of the molecule is COc1cc(OC)cc(C(C)N)c1. The standard InChI is InChI=1S/C10H15NO2/c1-7(11)8-4-9(12-2)6-10(5-8)13-3/h4-7H,11H2,1-3H3. The van der Waals surface area contributed by atoms with Crippen LogP contribution in [-0.2, 0) is 0 Å². The molecule has 0 aromatic heterocycles. The van der Waals surface area contributed by atoms with Gasteiger partial charge in [-0.25, -0.2) is 0 Å². The molecule has 0 heterocycles. The molecule has 0 aliphatic rings. The van der Waals surface area contributed by atoms with Crippen molar-refractivity contribution in [3.63, 3.8) is 0 Å². The molecule has 3 heteroatoms. The van der Waals surface area contributed by atoms with Crippen molar-refractivity contribution in [1.82, 2.24) is 0 Å². The van der Waals surface area contributed by atoms with Crippen LogP contribution < -0.4 is 15.2 Å². The summed E-state index contributed by atoms with van der Waals surface area (Å²) in [6.07, 6.45) is 0. The molecule has 0 aliphatic carbocycles. The average molecular weight is 181 g/mol. The number of rotatable bonds is 3. The lowest BCUT2D eigenvalue weighted by molar-refractivity contribution is 0.393. The molecule has 0 fully saturated rings.